The van der Waals surface area contributed by atoms with Crippen LogP contribution in [0.4, 0.5) is 0 Å². The zero-order valence-corrected chi connectivity index (χ0v) is 13.3. The molecule has 3 rings (SSSR count). The van der Waals surface area contributed by atoms with Gasteiger partial charge in [-0.3, -0.25) is 4.79 Å². The first kappa shape index (κ1) is 15.5. The number of benzene rings is 1. The number of rotatable bonds is 5. The van der Waals surface area contributed by atoms with Crippen molar-refractivity contribution in [2.24, 2.45) is 5.92 Å². The molecule has 0 bridgehead atoms. The van der Waals surface area contributed by atoms with Crippen molar-refractivity contribution in [1.29, 1.82) is 0 Å². The van der Waals surface area contributed by atoms with E-state index in [1.165, 1.54) is 24.8 Å². The van der Waals surface area contributed by atoms with Crippen LogP contribution in [0.1, 0.15) is 37.8 Å². The minimum Gasteiger partial charge on any atom is -0.366 e. The van der Waals surface area contributed by atoms with Crippen LogP contribution >= 0.6 is 0 Å². The Morgan fingerprint density at radius 3 is 2.73 bits per heavy atom. The summed E-state index contributed by atoms with van der Waals surface area (Å²) in [5.74, 6) is 0.794. The smallest absolute Gasteiger partial charge is 0.253 e. The van der Waals surface area contributed by atoms with Gasteiger partial charge in [-0.05, 0) is 31.2 Å². The molecule has 1 aliphatic heterocycles. The lowest BCUT2D eigenvalue weighted by Crippen LogP contribution is -2.51. The molecule has 4 nitrogen and oxygen atoms in total. The largest absolute Gasteiger partial charge is 0.366 e. The number of hydrogen-bond acceptors (Lipinski definition) is 3. The van der Waals surface area contributed by atoms with Crippen LogP contribution in [0.15, 0.2) is 30.3 Å². The number of amides is 1. The second kappa shape index (κ2) is 7.25. The summed E-state index contributed by atoms with van der Waals surface area (Å²) in [6.45, 7) is 5.06. The van der Waals surface area contributed by atoms with Gasteiger partial charge in [-0.15, -0.1) is 0 Å². The normalized spacial score (nSPS) is 23.6. The predicted molar refractivity (Wildman–Crippen MR) is 86.5 cm³/mol. The summed E-state index contributed by atoms with van der Waals surface area (Å²) < 4.78 is 5.69. The summed E-state index contributed by atoms with van der Waals surface area (Å²) in [7, 11) is 0. The van der Waals surface area contributed by atoms with E-state index in [0.29, 0.717) is 19.1 Å². The summed E-state index contributed by atoms with van der Waals surface area (Å²) >= 11 is 0. The van der Waals surface area contributed by atoms with E-state index < -0.39 is 0 Å². The summed E-state index contributed by atoms with van der Waals surface area (Å²) in [6.07, 6.45) is 3.46. The Morgan fingerprint density at radius 2 is 2.14 bits per heavy atom. The number of carbonyl (C=O) groups is 1. The molecule has 22 heavy (non-hydrogen) atoms. The molecular weight excluding hydrogens is 276 g/mol. The van der Waals surface area contributed by atoms with Crippen LogP contribution in [0.3, 0.4) is 0 Å². The highest BCUT2D eigenvalue weighted by atomic mass is 16.5. The fourth-order valence-corrected chi connectivity index (χ4v) is 3.21. The molecule has 2 atom stereocenters. The molecule has 1 saturated heterocycles. The number of nitrogens with zero attached hydrogens (tertiary/aromatic N) is 1. The summed E-state index contributed by atoms with van der Waals surface area (Å²) in [5, 5.41) is 3.26. The summed E-state index contributed by atoms with van der Waals surface area (Å²) in [6, 6.07) is 10.4. The van der Waals surface area contributed by atoms with Gasteiger partial charge in [0.2, 0.25) is 0 Å². The molecule has 0 spiro atoms. The molecule has 2 unspecified atom stereocenters. The second-order valence-electron chi connectivity index (χ2n) is 6.44. The van der Waals surface area contributed by atoms with Crippen molar-refractivity contribution < 1.29 is 9.53 Å². The number of ether oxygens (including phenoxy) is 1. The molecule has 0 aromatic heterocycles. The van der Waals surface area contributed by atoms with E-state index in [4.69, 9.17) is 4.74 Å². The highest BCUT2D eigenvalue weighted by Gasteiger charge is 2.33. The number of hydrogen-bond donors (Lipinski definition) is 1. The standard InChI is InChI=1S/C18H26N2O2/c1-14(16-8-3-2-4-9-16)20(13-15-6-5-7-15)18(21)17-12-19-10-11-22-17/h2-4,8-9,14-15,17,19H,5-7,10-13H2,1H3. The monoisotopic (exact) mass is 302 g/mol. The SMILES string of the molecule is CC(c1ccccc1)N(CC1CCC1)C(=O)C1CNCCO1. The van der Waals surface area contributed by atoms with E-state index in [0.717, 1.165) is 13.1 Å². The molecular formula is C18H26N2O2. The van der Waals surface area contributed by atoms with Gasteiger partial charge in [0.1, 0.15) is 6.10 Å². The molecule has 4 heteroatoms. The Hall–Kier alpha value is -1.39. The molecule has 2 aliphatic rings. The molecule has 1 heterocycles. The predicted octanol–water partition coefficient (Wildman–Crippen LogP) is 2.36. The molecule has 120 valence electrons. The van der Waals surface area contributed by atoms with Crippen LogP contribution in [0.5, 0.6) is 0 Å². The Bertz CT molecular complexity index is 481. The average Bonchev–Trinajstić information content (AvgIpc) is 2.54. The van der Waals surface area contributed by atoms with Gasteiger partial charge in [0.15, 0.2) is 0 Å². The highest BCUT2D eigenvalue weighted by Crippen LogP contribution is 2.31. The van der Waals surface area contributed by atoms with Crippen molar-refractivity contribution in [2.75, 3.05) is 26.2 Å². The molecule has 1 saturated carbocycles. The zero-order chi connectivity index (χ0) is 15.4. The lowest BCUT2D eigenvalue weighted by molar-refractivity contribution is -0.148. The topological polar surface area (TPSA) is 41.6 Å². The van der Waals surface area contributed by atoms with E-state index in [9.17, 15) is 4.79 Å². The fraction of sp³-hybridized carbons (Fsp3) is 0.611. The quantitative estimate of drug-likeness (QED) is 0.908. The molecule has 1 aromatic carbocycles. The lowest BCUT2D eigenvalue weighted by atomic mass is 9.84. The van der Waals surface area contributed by atoms with Crippen molar-refractivity contribution in [3.63, 3.8) is 0 Å². The summed E-state index contributed by atoms with van der Waals surface area (Å²) in [5.41, 5.74) is 1.19. The Kier molecular flexibility index (Phi) is 5.11. The van der Waals surface area contributed by atoms with Gasteiger partial charge in [0, 0.05) is 19.6 Å². The maximum Gasteiger partial charge on any atom is 0.253 e. The fourth-order valence-electron chi connectivity index (χ4n) is 3.21. The summed E-state index contributed by atoms with van der Waals surface area (Å²) in [4.78, 5) is 15.0. The van der Waals surface area contributed by atoms with Crippen LogP contribution in [0.2, 0.25) is 0 Å². The molecule has 2 fully saturated rings. The van der Waals surface area contributed by atoms with E-state index >= 15 is 0 Å². The first-order chi connectivity index (χ1) is 10.8. The van der Waals surface area contributed by atoms with Crippen molar-refractivity contribution in [2.45, 2.75) is 38.3 Å². The highest BCUT2D eigenvalue weighted by molar-refractivity contribution is 5.81. The van der Waals surface area contributed by atoms with E-state index in [1.807, 2.05) is 23.1 Å². The third-order valence-electron chi connectivity index (χ3n) is 4.92. The molecule has 1 N–H and O–H groups in total. The molecule has 1 amide bonds. The first-order valence-electron chi connectivity index (χ1n) is 8.43. The molecule has 0 radical (unpaired) electrons. The van der Waals surface area contributed by atoms with Gasteiger partial charge in [0.25, 0.3) is 5.91 Å². The van der Waals surface area contributed by atoms with Crippen molar-refractivity contribution in [3.8, 4) is 0 Å². The van der Waals surface area contributed by atoms with Gasteiger partial charge >= 0.3 is 0 Å². The Balaban J connectivity index is 1.74. The van der Waals surface area contributed by atoms with E-state index in [2.05, 4.69) is 24.4 Å². The van der Waals surface area contributed by atoms with Crippen molar-refractivity contribution >= 4 is 5.91 Å². The molecule has 1 aliphatic carbocycles. The second-order valence-corrected chi connectivity index (χ2v) is 6.44. The minimum atomic E-state index is -0.333. The van der Waals surface area contributed by atoms with Crippen molar-refractivity contribution in [3.05, 3.63) is 35.9 Å². The van der Waals surface area contributed by atoms with Crippen LogP contribution < -0.4 is 5.32 Å². The van der Waals surface area contributed by atoms with Gasteiger partial charge in [0.05, 0.1) is 12.6 Å². The van der Waals surface area contributed by atoms with Crippen LogP contribution in [-0.4, -0.2) is 43.2 Å². The lowest BCUT2D eigenvalue weighted by Gasteiger charge is -2.38. The van der Waals surface area contributed by atoms with Crippen LogP contribution in [0, 0.1) is 5.92 Å². The third kappa shape index (κ3) is 3.50. The maximum absolute atomic E-state index is 12.9. The first-order valence-corrected chi connectivity index (χ1v) is 8.43. The van der Waals surface area contributed by atoms with E-state index in [-0.39, 0.29) is 18.1 Å². The zero-order valence-electron chi connectivity index (χ0n) is 13.3. The maximum atomic E-state index is 12.9. The van der Waals surface area contributed by atoms with Gasteiger partial charge in [-0.1, -0.05) is 36.8 Å². The number of morpholine rings is 1. The average molecular weight is 302 g/mol. The molecule has 1 aromatic rings. The van der Waals surface area contributed by atoms with Gasteiger partial charge in [-0.2, -0.15) is 0 Å². The van der Waals surface area contributed by atoms with Crippen molar-refractivity contribution in [1.82, 2.24) is 10.2 Å². The number of carbonyl (C=O) groups excluding carboxylic acids is 1. The van der Waals surface area contributed by atoms with Gasteiger partial charge in [-0.25, -0.2) is 0 Å². The Morgan fingerprint density at radius 1 is 1.36 bits per heavy atom. The van der Waals surface area contributed by atoms with Crippen LogP contribution in [0.25, 0.3) is 0 Å². The number of nitrogens with one attached hydrogen (secondary N) is 1. The Labute approximate surface area is 132 Å². The van der Waals surface area contributed by atoms with Gasteiger partial charge < -0.3 is 15.0 Å². The van der Waals surface area contributed by atoms with E-state index in [1.54, 1.807) is 0 Å². The van der Waals surface area contributed by atoms with Crippen LogP contribution in [-0.2, 0) is 9.53 Å². The minimum absolute atomic E-state index is 0.0971. The third-order valence-corrected chi connectivity index (χ3v) is 4.92.